The molecule has 3 aromatic rings. The van der Waals surface area contributed by atoms with E-state index in [1.54, 1.807) is 6.92 Å². The van der Waals surface area contributed by atoms with E-state index in [4.69, 9.17) is 10.7 Å². The standard InChI is InChI=1S/C21H22N2OS/c1-13(24)20-19(22)18-16-10-6-5-9-15(16)17(23-21(18)25-20)12-11-14-7-3-2-4-8-14/h2-4,7-8H,5-6,9-12,22H2,1H3. The van der Waals surface area contributed by atoms with E-state index in [1.807, 2.05) is 6.07 Å². The van der Waals surface area contributed by atoms with E-state index in [2.05, 4.69) is 24.3 Å². The number of anilines is 1. The van der Waals surface area contributed by atoms with E-state index >= 15 is 0 Å². The van der Waals surface area contributed by atoms with E-state index in [0.717, 1.165) is 35.9 Å². The zero-order valence-electron chi connectivity index (χ0n) is 14.5. The van der Waals surface area contributed by atoms with Gasteiger partial charge in [-0.2, -0.15) is 0 Å². The predicted molar refractivity (Wildman–Crippen MR) is 105 cm³/mol. The molecule has 0 unspecified atom stereocenters. The van der Waals surface area contributed by atoms with E-state index in [0.29, 0.717) is 10.6 Å². The number of ketones is 1. The molecule has 0 saturated heterocycles. The van der Waals surface area contributed by atoms with E-state index in [1.165, 1.54) is 46.6 Å². The molecule has 0 radical (unpaired) electrons. The number of Topliss-reactive ketones (excluding diaryl/α,β-unsaturated/α-hetero) is 1. The van der Waals surface area contributed by atoms with Crippen molar-refractivity contribution in [1.82, 2.24) is 4.98 Å². The summed E-state index contributed by atoms with van der Waals surface area (Å²) in [5.41, 5.74) is 12.2. The number of nitrogens with two attached hydrogens (primary N) is 1. The molecule has 4 rings (SSSR count). The SMILES string of the molecule is CC(=O)c1sc2nc(CCc3ccccc3)c3c(c2c1N)CCCC3. The Hall–Kier alpha value is -2.20. The number of carbonyl (C=O) groups excluding carboxylic acids is 1. The van der Waals surface area contributed by atoms with Crippen LogP contribution in [-0.4, -0.2) is 10.8 Å². The van der Waals surface area contributed by atoms with Crippen LogP contribution < -0.4 is 5.73 Å². The summed E-state index contributed by atoms with van der Waals surface area (Å²) in [6.45, 7) is 1.59. The Kier molecular flexibility index (Phi) is 4.30. The number of benzene rings is 1. The molecule has 2 aromatic heterocycles. The van der Waals surface area contributed by atoms with Crippen molar-refractivity contribution < 1.29 is 4.79 Å². The first kappa shape index (κ1) is 16.3. The van der Waals surface area contributed by atoms with Crippen molar-refractivity contribution in [3.63, 3.8) is 0 Å². The van der Waals surface area contributed by atoms with Gasteiger partial charge in [0.2, 0.25) is 0 Å². The van der Waals surface area contributed by atoms with Crippen molar-refractivity contribution in [3.8, 4) is 0 Å². The third-order valence-corrected chi connectivity index (χ3v) is 6.29. The number of fused-ring (bicyclic) bond motifs is 3. The Morgan fingerprint density at radius 1 is 1.12 bits per heavy atom. The fourth-order valence-corrected chi connectivity index (χ4v) is 4.91. The maximum atomic E-state index is 11.9. The molecule has 2 heterocycles. The van der Waals surface area contributed by atoms with Gasteiger partial charge in [-0.25, -0.2) is 4.98 Å². The summed E-state index contributed by atoms with van der Waals surface area (Å²) in [4.78, 5) is 18.5. The number of hydrogen-bond donors (Lipinski definition) is 1. The van der Waals surface area contributed by atoms with Crippen molar-refractivity contribution in [2.45, 2.75) is 45.4 Å². The fourth-order valence-electron chi connectivity index (χ4n) is 3.87. The topological polar surface area (TPSA) is 56.0 Å². The maximum absolute atomic E-state index is 11.9. The first-order valence-corrected chi connectivity index (χ1v) is 9.74. The number of hydrogen-bond acceptors (Lipinski definition) is 4. The predicted octanol–water partition coefficient (Wildman–Crippen LogP) is 4.75. The Labute approximate surface area is 151 Å². The molecule has 128 valence electrons. The quantitative estimate of drug-likeness (QED) is 0.691. The normalized spacial score (nSPS) is 13.8. The molecule has 0 saturated carbocycles. The third-order valence-electron chi connectivity index (χ3n) is 5.09. The zero-order valence-corrected chi connectivity index (χ0v) is 15.3. The molecular weight excluding hydrogens is 328 g/mol. The molecule has 0 aliphatic heterocycles. The van der Waals surface area contributed by atoms with Crippen LogP contribution in [-0.2, 0) is 25.7 Å². The van der Waals surface area contributed by atoms with Gasteiger partial charge < -0.3 is 5.73 Å². The van der Waals surface area contributed by atoms with Crippen molar-refractivity contribution in [1.29, 1.82) is 0 Å². The molecule has 0 atom stereocenters. The second-order valence-electron chi connectivity index (χ2n) is 6.79. The smallest absolute Gasteiger partial charge is 0.171 e. The van der Waals surface area contributed by atoms with Gasteiger partial charge in [-0.1, -0.05) is 30.3 Å². The lowest BCUT2D eigenvalue weighted by molar-refractivity contribution is 0.102. The monoisotopic (exact) mass is 350 g/mol. The van der Waals surface area contributed by atoms with Crippen LogP contribution >= 0.6 is 11.3 Å². The van der Waals surface area contributed by atoms with E-state index in [-0.39, 0.29) is 5.78 Å². The Bertz CT molecular complexity index is 944. The van der Waals surface area contributed by atoms with Crippen molar-refractivity contribution >= 4 is 33.0 Å². The highest BCUT2D eigenvalue weighted by Crippen LogP contribution is 2.40. The number of pyridine rings is 1. The molecular formula is C21H22N2OS. The summed E-state index contributed by atoms with van der Waals surface area (Å²) in [6, 6.07) is 10.6. The number of rotatable bonds is 4. The van der Waals surface area contributed by atoms with Crippen LogP contribution in [0.5, 0.6) is 0 Å². The summed E-state index contributed by atoms with van der Waals surface area (Å²) >= 11 is 1.46. The highest BCUT2D eigenvalue weighted by atomic mass is 32.1. The van der Waals surface area contributed by atoms with Crippen LogP contribution in [0.2, 0.25) is 0 Å². The van der Waals surface area contributed by atoms with E-state index < -0.39 is 0 Å². The molecule has 4 heteroatoms. The summed E-state index contributed by atoms with van der Waals surface area (Å²) in [5, 5.41) is 1.05. The van der Waals surface area contributed by atoms with Crippen molar-refractivity contribution in [3.05, 3.63) is 57.6 Å². The van der Waals surface area contributed by atoms with Crippen LogP contribution in [0.15, 0.2) is 30.3 Å². The number of aryl methyl sites for hydroxylation is 3. The lowest BCUT2D eigenvalue weighted by Crippen LogP contribution is -2.10. The Balaban J connectivity index is 1.80. The maximum Gasteiger partial charge on any atom is 0.171 e. The highest BCUT2D eigenvalue weighted by Gasteiger charge is 2.23. The Morgan fingerprint density at radius 3 is 2.56 bits per heavy atom. The van der Waals surface area contributed by atoms with Gasteiger partial charge in [-0.15, -0.1) is 11.3 Å². The van der Waals surface area contributed by atoms with Gasteiger partial charge in [0.25, 0.3) is 0 Å². The molecule has 0 bridgehead atoms. The average molecular weight is 350 g/mol. The number of carbonyl (C=O) groups is 1. The van der Waals surface area contributed by atoms with Gasteiger partial charge in [0.05, 0.1) is 10.6 Å². The molecule has 1 aliphatic rings. The molecule has 3 nitrogen and oxygen atoms in total. The minimum absolute atomic E-state index is 0.0379. The number of aromatic nitrogens is 1. The lowest BCUT2D eigenvalue weighted by Gasteiger charge is -2.20. The molecule has 0 spiro atoms. The molecule has 2 N–H and O–H groups in total. The largest absolute Gasteiger partial charge is 0.397 e. The van der Waals surface area contributed by atoms with Crippen LogP contribution in [0.1, 0.15) is 51.8 Å². The zero-order chi connectivity index (χ0) is 17.4. The summed E-state index contributed by atoms with van der Waals surface area (Å²) < 4.78 is 0. The van der Waals surface area contributed by atoms with Crippen molar-refractivity contribution in [2.24, 2.45) is 0 Å². The lowest BCUT2D eigenvalue weighted by atomic mass is 9.87. The van der Waals surface area contributed by atoms with Gasteiger partial charge in [0.1, 0.15) is 4.83 Å². The number of nitrogen functional groups attached to an aromatic ring is 1. The number of nitrogens with zero attached hydrogens (tertiary/aromatic N) is 1. The number of thiophene rings is 1. The fraction of sp³-hybridized carbons (Fsp3) is 0.333. The van der Waals surface area contributed by atoms with Crippen LogP contribution in [0.4, 0.5) is 5.69 Å². The molecule has 25 heavy (non-hydrogen) atoms. The van der Waals surface area contributed by atoms with Crippen LogP contribution in [0, 0.1) is 0 Å². The average Bonchev–Trinajstić information content (AvgIpc) is 2.97. The summed E-state index contributed by atoms with van der Waals surface area (Å²) in [7, 11) is 0. The first-order valence-electron chi connectivity index (χ1n) is 8.92. The Morgan fingerprint density at radius 2 is 1.84 bits per heavy atom. The van der Waals surface area contributed by atoms with Gasteiger partial charge in [0.15, 0.2) is 5.78 Å². The summed E-state index contributed by atoms with van der Waals surface area (Å²) in [5.74, 6) is 0.0379. The van der Waals surface area contributed by atoms with Crippen molar-refractivity contribution in [2.75, 3.05) is 5.73 Å². The van der Waals surface area contributed by atoms with Gasteiger partial charge >= 0.3 is 0 Å². The van der Waals surface area contributed by atoms with Gasteiger partial charge in [-0.3, -0.25) is 4.79 Å². The minimum atomic E-state index is 0.0379. The summed E-state index contributed by atoms with van der Waals surface area (Å²) in [6.07, 6.45) is 6.46. The third kappa shape index (κ3) is 2.95. The molecule has 1 aliphatic carbocycles. The van der Waals surface area contributed by atoms with Gasteiger partial charge in [-0.05, 0) is 55.2 Å². The van der Waals surface area contributed by atoms with Gasteiger partial charge in [0, 0.05) is 18.0 Å². The van der Waals surface area contributed by atoms with E-state index in [9.17, 15) is 4.79 Å². The van der Waals surface area contributed by atoms with Crippen LogP contribution in [0.25, 0.3) is 10.2 Å². The minimum Gasteiger partial charge on any atom is -0.397 e. The second kappa shape index (κ2) is 6.60. The second-order valence-corrected chi connectivity index (χ2v) is 7.79. The van der Waals surface area contributed by atoms with Crippen LogP contribution in [0.3, 0.4) is 0 Å². The molecule has 1 aromatic carbocycles. The molecule has 0 amide bonds. The first-order chi connectivity index (χ1) is 12.1. The molecule has 0 fully saturated rings. The highest BCUT2D eigenvalue weighted by molar-refractivity contribution is 7.21.